The van der Waals surface area contributed by atoms with Gasteiger partial charge in [-0.25, -0.2) is 13.9 Å². The number of carbonyl (C=O) groups is 1. The van der Waals surface area contributed by atoms with E-state index >= 15 is 0 Å². The Kier molecular flexibility index (Phi) is 7.23. The molecule has 4 aromatic rings. The van der Waals surface area contributed by atoms with Gasteiger partial charge in [0.2, 0.25) is 11.1 Å². The van der Waals surface area contributed by atoms with E-state index in [2.05, 4.69) is 10.3 Å². The van der Waals surface area contributed by atoms with Crippen molar-refractivity contribution >= 4 is 23.7 Å². The van der Waals surface area contributed by atoms with E-state index in [1.54, 1.807) is 30.0 Å². The van der Waals surface area contributed by atoms with Crippen LogP contribution in [0.2, 0.25) is 0 Å². The lowest BCUT2D eigenvalue weighted by Gasteiger charge is -2.28. The Hall–Kier alpha value is -4.11. The Morgan fingerprint density at radius 1 is 1.05 bits per heavy atom. The van der Waals surface area contributed by atoms with E-state index in [1.807, 2.05) is 61.5 Å². The number of nitrogens with zero attached hydrogens (tertiary/aromatic N) is 3. The number of anilines is 1. The van der Waals surface area contributed by atoms with Crippen LogP contribution in [-0.2, 0) is 21.9 Å². The molecular weight excluding hydrogens is 491 g/mol. The fourth-order valence-corrected chi connectivity index (χ4v) is 4.93. The van der Waals surface area contributed by atoms with Crippen molar-refractivity contribution in [3.05, 3.63) is 113 Å². The number of esters is 1. The van der Waals surface area contributed by atoms with Crippen molar-refractivity contribution < 1.29 is 18.7 Å². The summed E-state index contributed by atoms with van der Waals surface area (Å²) in [6, 6.07) is 23.1. The van der Waals surface area contributed by atoms with Gasteiger partial charge in [-0.05, 0) is 41.8 Å². The highest BCUT2D eigenvalue weighted by molar-refractivity contribution is 7.98. The highest BCUT2D eigenvalue weighted by atomic mass is 32.2. The van der Waals surface area contributed by atoms with Crippen LogP contribution in [0.5, 0.6) is 5.75 Å². The Morgan fingerprint density at radius 2 is 1.78 bits per heavy atom. The van der Waals surface area contributed by atoms with E-state index in [0.717, 1.165) is 11.1 Å². The number of allylic oxidation sites excluding steroid dienone is 1. The zero-order valence-corrected chi connectivity index (χ0v) is 21.2. The van der Waals surface area contributed by atoms with Gasteiger partial charge in [0.05, 0.1) is 12.7 Å². The summed E-state index contributed by atoms with van der Waals surface area (Å²) in [6.07, 6.45) is 0. The molecular formula is C28H25FN4O3S. The van der Waals surface area contributed by atoms with Gasteiger partial charge in [0, 0.05) is 11.4 Å². The van der Waals surface area contributed by atoms with E-state index in [4.69, 9.17) is 14.6 Å². The van der Waals surface area contributed by atoms with E-state index < -0.39 is 12.0 Å². The van der Waals surface area contributed by atoms with E-state index in [0.29, 0.717) is 39.4 Å². The second-order valence-corrected chi connectivity index (χ2v) is 9.39. The Labute approximate surface area is 218 Å². The van der Waals surface area contributed by atoms with Gasteiger partial charge in [-0.2, -0.15) is 4.98 Å². The molecule has 0 aliphatic carbocycles. The zero-order chi connectivity index (χ0) is 25.8. The van der Waals surface area contributed by atoms with Gasteiger partial charge < -0.3 is 14.8 Å². The van der Waals surface area contributed by atoms with Gasteiger partial charge in [0.15, 0.2) is 0 Å². The highest BCUT2D eigenvalue weighted by Gasteiger charge is 2.35. The van der Waals surface area contributed by atoms with Crippen LogP contribution in [0, 0.1) is 5.82 Å². The first-order valence-corrected chi connectivity index (χ1v) is 12.7. The summed E-state index contributed by atoms with van der Waals surface area (Å²) >= 11 is 1.33. The number of hydrogen-bond acceptors (Lipinski definition) is 7. The monoisotopic (exact) mass is 516 g/mol. The molecule has 0 radical (unpaired) electrons. The molecule has 9 heteroatoms. The summed E-state index contributed by atoms with van der Waals surface area (Å²) in [7, 11) is 1.60. The van der Waals surface area contributed by atoms with E-state index in [9.17, 15) is 9.18 Å². The number of thioether (sulfide) groups is 1. The van der Waals surface area contributed by atoms with Crippen LogP contribution in [0.25, 0.3) is 0 Å². The summed E-state index contributed by atoms with van der Waals surface area (Å²) in [5, 5.41) is 8.36. The van der Waals surface area contributed by atoms with Crippen molar-refractivity contribution in [1.29, 1.82) is 0 Å². The molecule has 0 amide bonds. The SMILES string of the molecule is COc1ccc(C2C(C(=O)OCc3ccccc3)=C(C)Nc3nc(SCc4ccccc4F)nn32)cc1. The third-order valence-corrected chi connectivity index (χ3v) is 6.90. The number of aromatic nitrogens is 3. The fourth-order valence-electron chi connectivity index (χ4n) is 4.11. The Balaban J connectivity index is 1.45. The standard InChI is InChI=1S/C28H25FN4O3S/c1-18-24(26(34)36-16-19-8-4-3-5-9-19)25(20-12-14-22(35-2)15-13-20)33-27(30-18)31-28(32-33)37-17-21-10-6-7-11-23(21)29/h3-15,25H,16-17H2,1-2H3,(H,30,31,32). The molecule has 0 saturated heterocycles. The van der Waals surface area contributed by atoms with Gasteiger partial charge in [-0.15, -0.1) is 5.10 Å². The number of benzene rings is 3. The number of halogens is 1. The number of ether oxygens (including phenoxy) is 2. The first-order chi connectivity index (χ1) is 18.0. The number of nitrogens with one attached hydrogen (secondary N) is 1. The lowest BCUT2D eigenvalue weighted by atomic mass is 9.96. The summed E-state index contributed by atoms with van der Waals surface area (Å²) in [6.45, 7) is 1.97. The minimum absolute atomic E-state index is 0.153. The second-order valence-electron chi connectivity index (χ2n) is 8.44. The molecule has 1 unspecified atom stereocenters. The topological polar surface area (TPSA) is 78.3 Å². The van der Waals surface area contributed by atoms with Crippen molar-refractivity contribution in [2.75, 3.05) is 12.4 Å². The quantitative estimate of drug-likeness (QED) is 0.236. The molecule has 7 nitrogen and oxygen atoms in total. The van der Waals surface area contributed by atoms with Crippen molar-refractivity contribution in [3.8, 4) is 5.75 Å². The lowest BCUT2D eigenvalue weighted by molar-refractivity contribution is -0.140. The molecule has 0 saturated carbocycles. The first-order valence-electron chi connectivity index (χ1n) is 11.7. The van der Waals surface area contributed by atoms with Gasteiger partial charge >= 0.3 is 5.97 Å². The third-order valence-electron chi connectivity index (χ3n) is 6.01. The van der Waals surface area contributed by atoms with Crippen molar-refractivity contribution in [1.82, 2.24) is 14.8 Å². The summed E-state index contributed by atoms with van der Waals surface area (Å²) in [4.78, 5) is 18.0. The van der Waals surface area contributed by atoms with Crippen molar-refractivity contribution in [3.63, 3.8) is 0 Å². The first kappa shape index (κ1) is 24.6. The Bertz CT molecular complexity index is 1440. The highest BCUT2D eigenvalue weighted by Crippen LogP contribution is 2.37. The van der Waals surface area contributed by atoms with Gasteiger partial charge in [0.1, 0.15) is 24.2 Å². The number of carbonyl (C=O) groups excluding carboxylic acids is 1. The summed E-state index contributed by atoms with van der Waals surface area (Å²) in [5.74, 6) is 0.855. The van der Waals surface area contributed by atoms with Gasteiger partial charge in [-0.1, -0.05) is 72.4 Å². The molecule has 5 rings (SSSR count). The van der Waals surface area contributed by atoms with Crippen molar-refractivity contribution in [2.24, 2.45) is 0 Å². The minimum atomic E-state index is -0.569. The molecule has 0 bridgehead atoms. The van der Waals surface area contributed by atoms with Crippen LogP contribution in [0.1, 0.15) is 29.7 Å². The fraction of sp³-hybridized carbons (Fsp3) is 0.179. The maximum atomic E-state index is 14.1. The number of hydrogen-bond donors (Lipinski definition) is 1. The number of fused-ring (bicyclic) bond motifs is 1. The average Bonchev–Trinajstić information content (AvgIpc) is 3.33. The largest absolute Gasteiger partial charge is 0.497 e. The smallest absolute Gasteiger partial charge is 0.338 e. The predicted octanol–water partition coefficient (Wildman–Crippen LogP) is 5.75. The third kappa shape index (κ3) is 5.36. The van der Waals surface area contributed by atoms with Crippen LogP contribution >= 0.6 is 11.8 Å². The number of rotatable bonds is 8. The minimum Gasteiger partial charge on any atom is -0.497 e. The van der Waals surface area contributed by atoms with Crippen LogP contribution in [-0.4, -0.2) is 27.8 Å². The molecule has 1 N–H and O–H groups in total. The van der Waals surface area contributed by atoms with Crippen LogP contribution in [0.15, 0.2) is 95.3 Å². The molecule has 0 spiro atoms. The predicted molar refractivity (Wildman–Crippen MR) is 140 cm³/mol. The van der Waals surface area contributed by atoms with Gasteiger partial charge in [-0.3, -0.25) is 0 Å². The molecule has 2 heterocycles. The van der Waals surface area contributed by atoms with Crippen molar-refractivity contribution in [2.45, 2.75) is 30.5 Å². The molecule has 188 valence electrons. The maximum absolute atomic E-state index is 14.1. The summed E-state index contributed by atoms with van der Waals surface area (Å²) in [5.41, 5.74) is 3.35. The maximum Gasteiger partial charge on any atom is 0.338 e. The van der Waals surface area contributed by atoms with Crippen LogP contribution in [0.3, 0.4) is 0 Å². The lowest BCUT2D eigenvalue weighted by Crippen LogP contribution is -2.29. The van der Waals surface area contributed by atoms with Crippen LogP contribution < -0.4 is 10.1 Å². The average molecular weight is 517 g/mol. The summed E-state index contributed by atoms with van der Waals surface area (Å²) < 4.78 is 26.8. The van der Waals surface area contributed by atoms with Gasteiger partial charge in [0.25, 0.3) is 0 Å². The molecule has 1 aliphatic rings. The van der Waals surface area contributed by atoms with Crippen LogP contribution in [0.4, 0.5) is 10.3 Å². The number of methoxy groups -OCH3 is 1. The normalized spacial score (nSPS) is 14.6. The van der Waals surface area contributed by atoms with E-state index in [-0.39, 0.29) is 12.4 Å². The Morgan fingerprint density at radius 3 is 2.51 bits per heavy atom. The molecule has 1 aliphatic heterocycles. The molecule has 37 heavy (non-hydrogen) atoms. The van der Waals surface area contributed by atoms with E-state index in [1.165, 1.54) is 17.8 Å². The molecule has 3 aromatic carbocycles. The zero-order valence-electron chi connectivity index (χ0n) is 20.3. The molecule has 0 fully saturated rings. The molecule has 1 aromatic heterocycles. The molecule has 1 atom stereocenters. The second kappa shape index (κ2) is 10.9.